The van der Waals surface area contributed by atoms with E-state index in [0.29, 0.717) is 10.1 Å². The molecule has 1 saturated carbocycles. The standard InChI is InChI=1S/C14H14F3NS/c15-14(16,17)12-8-9-7-10(3-4-11(9)19-12)13(18)5-1-2-6-13/h3-4,7-8H,1-2,5-6,18H2. The first-order valence-electron chi connectivity index (χ1n) is 6.29. The van der Waals surface area contributed by atoms with Crippen LogP contribution in [0.4, 0.5) is 13.2 Å². The second-order valence-electron chi connectivity index (χ2n) is 5.22. The maximum Gasteiger partial charge on any atom is 0.425 e. The molecule has 5 heteroatoms. The number of thiophene rings is 1. The van der Waals surface area contributed by atoms with Gasteiger partial charge in [0.05, 0.1) is 0 Å². The molecule has 0 atom stereocenters. The Kier molecular flexibility index (Phi) is 2.87. The van der Waals surface area contributed by atoms with Crippen LogP contribution in [0, 0.1) is 0 Å². The molecule has 1 nitrogen and oxygen atoms in total. The molecule has 1 fully saturated rings. The van der Waals surface area contributed by atoms with Crippen molar-refractivity contribution in [3.63, 3.8) is 0 Å². The summed E-state index contributed by atoms with van der Waals surface area (Å²) in [5.74, 6) is 0. The average molecular weight is 285 g/mol. The summed E-state index contributed by atoms with van der Waals surface area (Å²) in [6, 6.07) is 6.69. The fourth-order valence-electron chi connectivity index (χ4n) is 2.79. The maximum atomic E-state index is 12.7. The predicted octanol–water partition coefficient (Wildman–Crippen LogP) is 4.65. The monoisotopic (exact) mass is 285 g/mol. The number of rotatable bonds is 1. The zero-order valence-corrected chi connectivity index (χ0v) is 11.1. The Morgan fingerprint density at radius 1 is 1.11 bits per heavy atom. The summed E-state index contributed by atoms with van der Waals surface area (Å²) in [6.07, 6.45) is -0.265. The van der Waals surface area contributed by atoms with Gasteiger partial charge in [0.25, 0.3) is 0 Å². The maximum absolute atomic E-state index is 12.7. The van der Waals surface area contributed by atoms with Gasteiger partial charge in [0.1, 0.15) is 4.88 Å². The van der Waals surface area contributed by atoms with Crippen LogP contribution >= 0.6 is 11.3 Å². The van der Waals surface area contributed by atoms with Gasteiger partial charge in [0, 0.05) is 10.2 Å². The number of halogens is 3. The zero-order valence-electron chi connectivity index (χ0n) is 10.3. The van der Waals surface area contributed by atoms with Gasteiger partial charge < -0.3 is 5.73 Å². The van der Waals surface area contributed by atoms with E-state index < -0.39 is 11.1 Å². The average Bonchev–Trinajstić information content (AvgIpc) is 2.93. The lowest BCUT2D eigenvalue weighted by Gasteiger charge is -2.24. The molecular formula is C14H14F3NS. The van der Waals surface area contributed by atoms with Crippen molar-refractivity contribution >= 4 is 21.4 Å². The molecule has 1 heterocycles. The number of hydrogen-bond acceptors (Lipinski definition) is 2. The molecule has 1 aliphatic rings. The SMILES string of the molecule is NC1(c2ccc3sc(C(F)(F)F)cc3c2)CCCC1. The molecule has 2 aromatic rings. The van der Waals surface area contributed by atoms with E-state index in [0.717, 1.165) is 42.6 Å². The van der Waals surface area contributed by atoms with E-state index in [1.807, 2.05) is 12.1 Å². The molecule has 0 spiro atoms. The minimum absolute atomic E-state index is 0.353. The molecule has 0 saturated heterocycles. The van der Waals surface area contributed by atoms with Crippen LogP contribution in [-0.2, 0) is 11.7 Å². The number of fused-ring (bicyclic) bond motifs is 1. The Hall–Kier alpha value is -1.07. The van der Waals surface area contributed by atoms with Crippen LogP contribution in [0.1, 0.15) is 36.1 Å². The lowest BCUT2D eigenvalue weighted by Crippen LogP contribution is -2.32. The molecule has 19 heavy (non-hydrogen) atoms. The first-order chi connectivity index (χ1) is 8.88. The minimum Gasteiger partial charge on any atom is -0.321 e. The lowest BCUT2D eigenvalue weighted by molar-refractivity contribution is -0.134. The number of alkyl halides is 3. The first-order valence-corrected chi connectivity index (χ1v) is 7.10. The van der Waals surface area contributed by atoms with Gasteiger partial charge in [-0.05, 0) is 42.0 Å². The van der Waals surface area contributed by atoms with Crippen molar-refractivity contribution in [2.24, 2.45) is 5.73 Å². The summed E-state index contributed by atoms with van der Waals surface area (Å²) in [5, 5.41) is 0.645. The summed E-state index contributed by atoms with van der Waals surface area (Å²) < 4.78 is 38.7. The zero-order chi connectivity index (χ0) is 13.7. The van der Waals surface area contributed by atoms with Gasteiger partial charge in [-0.3, -0.25) is 0 Å². The van der Waals surface area contributed by atoms with Crippen molar-refractivity contribution < 1.29 is 13.2 Å². The molecule has 1 aromatic carbocycles. The lowest BCUT2D eigenvalue weighted by atomic mass is 9.89. The van der Waals surface area contributed by atoms with E-state index in [2.05, 4.69) is 0 Å². The fraction of sp³-hybridized carbons (Fsp3) is 0.429. The topological polar surface area (TPSA) is 26.0 Å². The smallest absolute Gasteiger partial charge is 0.321 e. The highest BCUT2D eigenvalue weighted by molar-refractivity contribution is 7.19. The third kappa shape index (κ3) is 2.25. The van der Waals surface area contributed by atoms with Crippen LogP contribution < -0.4 is 5.73 Å². The van der Waals surface area contributed by atoms with E-state index in [1.54, 1.807) is 6.07 Å². The molecule has 0 radical (unpaired) electrons. The van der Waals surface area contributed by atoms with Gasteiger partial charge in [-0.25, -0.2) is 0 Å². The molecule has 1 aromatic heterocycles. The largest absolute Gasteiger partial charge is 0.425 e. The highest BCUT2D eigenvalue weighted by Crippen LogP contribution is 2.41. The van der Waals surface area contributed by atoms with Crippen LogP contribution in [0.2, 0.25) is 0 Å². The molecule has 0 aliphatic heterocycles. The molecule has 102 valence electrons. The van der Waals surface area contributed by atoms with Crippen LogP contribution in [-0.4, -0.2) is 0 Å². The van der Waals surface area contributed by atoms with Crippen molar-refractivity contribution in [3.8, 4) is 0 Å². The number of benzene rings is 1. The van der Waals surface area contributed by atoms with Gasteiger partial charge in [0.2, 0.25) is 0 Å². The summed E-state index contributed by atoms with van der Waals surface area (Å²) >= 11 is 0.789. The van der Waals surface area contributed by atoms with Gasteiger partial charge >= 0.3 is 6.18 Å². The van der Waals surface area contributed by atoms with E-state index in [-0.39, 0.29) is 5.54 Å². The molecule has 0 unspecified atom stereocenters. The third-order valence-electron chi connectivity index (χ3n) is 3.87. The molecule has 2 N–H and O–H groups in total. The summed E-state index contributed by atoms with van der Waals surface area (Å²) in [5.41, 5.74) is 6.95. The van der Waals surface area contributed by atoms with Crippen LogP contribution in [0.15, 0.2) is 24.3 Å². The first kappa shape index (κ1) is 12.9. The molecule has 3 rings (SSSR count). The molecule has 0 bridgehead atoms. The van der Waals surface area contributed by atoms with Crippen molar-refractivity contribution in [1.29, 1.82) is 0 Å². The van der Waals surface area contributed by atoms with Crippen molar-refractivity contribution in [2.75, 3.05) is 0 Å². The summed E-state index contributed by atoms with van der Waals surface area (Å²) in [6.45, 7) is 0. The third-order valence-corrected chi connectivity index (χ3v) is 5.03. The van der Waals surface area contributed by atoms with Gasteiger partial charge in [-0.1, -0.05) is 18.9 Å². The quantitative estimate of drug-likeness (QED) is 0.811. The highest BCUT2D eigenvalue weighted by Gasteiger charge is 2.34. The van der Waals surface area contributed by atoms with E-state index in [1.165, 1.54) is 6.07 Å². The highest BCUT2D eigenvalue weighted by atomic mass is 32.1. The van der Waals surface area contributed by atoms with Gasteiger partial charge in [-0.2, -0.15) is 13.2 Å². The summed E-state index contributed by atoms with van der Waals surface area (Å²) in [7, 11) is 0. The molecule has 1 aliphatic carbocycles. The fourth-order valence-corrected chi connectivity index (χ4v) is 3.70. The number of nitrogens with two attached hydrogens (primary N) is 1. The van der Waals surface area contributed by atoms with E-state index in [9.17, 15) is 13.2 Å². The Balaban J connectivity index is 2.06. The van der Waals surface area contributed by atoms with Gasteiger partial charge in [-0.15, -0.1) is 11.3 Å². The Morgan fingerprint density at radius 3 is 2.42 bits per heavy atom. The van der Waals surface area contributed by atoms with Crippen molar-refractivity contribution in [1.82, 2.24) is 0 Å². The van der Waals surface area contributed by atoms with Crippen LogP contribution in [0.5, 0.6) is 0 Å². The van der Waals surface area contributed by atoms with E-state index >= 15 is 0 Å². The summed E-state index contributed by atoms with van der Waals surface area (Å²) in [4.78, 5) is -0.544. The van der Waals surface area contributed by atoms with Gasteiger partial charge in [0.15, 0.2) is 0 Å². The predicted molar refractivity (Wildman–Crippen MR) is 71.2 cm³/mol. The number of hydrogen-bond donors (Lipinski definition) is 1. The van der Waals surface area contributed by atoms with E-state index in [4.69, 9.17) is 5.73 Å². The second kappa shape index (κ2) is 4.21. The van der Waals surface area contributed by atoms with Crippen molar-refractivity contribution in [3.05, 3.63) is 34.7 Å². The molecule has 0 amide bonds. The van der Waals surface area contributed by atoms with Crippen LogP contribution in [0.25, 0.3) is 10.1 Å². The normalized spacial score (nSPS) is 19.2. The van der Waals surface area contributed by atoms with Crippen LogP contribution in [0.3, 0.4) is 0 Å². The van der Waals surface area contributed by atoms with Crippen molar-refractivity contribution in [2.45, 2.75) is 37.4 Å². The Bertz CT molecular complexity index is 609. The minimum atomic E-state index is -4.27. The molecular weight excluding hydrogens is 271 g/mol. The Morgan fingerprint density at radius 2 is 1.79 bits per heavy atom. The Labute approximate surface area is 113 Å². The second-order valence-corrected chi connectivity index (χ2v) is 6.31.